The second kappa shape index (κ2) is 7.06. The summed E-state index contributed by atoms with van der Waals surface area (Å²) in [5.41, 5.74) is 7.42. The van der Waals surface area contributed by atoms with Crippen LogP contribution in [-0.4, -0.2) is 27.5 Å². The highest BCUT2D eigenvalue weighted by molar-refractivity contribution is 6.48. The highest BCUT2D eigenvalue weighted by atomic mass is 35.5. The van der Waals surface area contributed by atoms with E-state index >= 15 is 0 Å². The zero-order valence-corrected chi connectivity index (χ0v) is 12.3. The number of H-pyrrole nitrogens is 1. The van der Waals surface area contributed by atoms with Crippen molar-refractivity contribution in [2.75, 3.05) is 10.7 Å². The van der Waals surface area contributed by atoms with Gasteiger partial charge in [0.05, 0.1) is 6.33 Å². The Bertz CT molecular complexity index is 804. The first kappa shape index (κ1) is 16.0. The van der Waals surface area contributed by atoms with Crippen molar-refractivity contribution in [2.24, 2.45) is 10.8 Å². The van der Waals surface area contributed by atoms with E-state index in [-0.39, 0.29) is 11.5 Å². The van der Waals surface area contributed by atoms with E-state index in [2.05, 4.69) is 25.8 Å². The number of primary amides is 1. The highest BCUT2D eigenvalue weighted by Gasteiger charge is 2.14. The van der Waals surface area contributed by atoms with Gasteiger partial charge in [-0.3, -0.25) is 15.0 Å². The Hall–Kier alpha value is -3.38. The molecular formula is C13H10ClN7O2. The van der Waals surface area contributed by atoms with Gasteiger partial charge in [-0.1, -0.05) is 11.6 Å². The number of hydrazone groups is 1. The van der Waals surface area contributed by atoms with E-state index in [0.717, 1.165) is 0 Å². The predicted octanol–water partition coefficient (Wildman–Crippen LogP) is 1.09. The van der Waals surface area contributed by atoms with Crippen molar-refractivity contribution < 1.29 is 9.59 Å². The van der Waals surface area contributed by atoms with Gasteiger partial charge in [0, 0.05) is 10.7 Å². The van der Waals surface area contributed by atoms with Crippen molar-refractivity contribution in [3.05, 3.63) is 41.3 Å². The Kier molecular flexibility index (Phi) is 4.91. The van der Waals surface area contributed by atoms with Gasteiger partial charge in [-0.05, 0) is 24.3 Å². The fourth-order valence-electron chi connectivity index (χ4n) is 1.53. The molecule has 0 spiro atoms. The number of carbonyl (C=O) groups is 2. The molecule has 0 atom stereocenters. The van der Waals surface area contributed by atoms with Crippen molar-refractivity contribution in [3.8, 4) is 6.07 Å². The van der Waals surface area contributed by atoms with Crippen LogP contribution >= 0.6 is 11.6 Å². The van der Waals surface area contributed by atoms with Crippen molar-refractivity contribution >= 4 is 40.6 Å². The summed E-state index contributed by atoms with van der Waals surface area (Å²) < 4.78 is 0. The minimum atomic E-state index is -0.760. The Morgan fingerprint density at radius 2 is 2.04 bits per heavy atom. The number of aromatic amines is 1. The van der Waals surface area contributed by atoms with Crippen LogP contribution in [0.4, 0.5) is 11.5 Å². The monoisotopic (exact) mass is 331 g/mol. The number of nitriles is 1. The average molecular weight is 332 g/mol. The molecule has 0 bridgehead atoms. The molecule has 0 fully saturated rings. The molecule has 0 radical (unpaired) electrons. The Morgan fingerprint density at radius 3 is 2.65 bits per heavy atom. The molecule has 5 N–H and O–H groups in total. The molecule has 2 amide bonds. The molecule has 9 nitrogen and oxygen atoms in total. The highest BCUT2D eigenvalue weighted by Crippen LogP contribution is 2.13. The molecule has 1 aromatic carbocycles. The number of halogens is 1. The van der Waals surface area contributed by atoms with E-state index < -0.39 is 17.5 Å². The third-order valence-corrected chi connectivity index (χ3v) is 2.83. The van der Waals surface area contributed by atoms with Gasteiger partial charge in [0.25, 0.3) is 11.8 Å². The van der Waals surface area contributed by atoms with Crippen LogP contribution in [0.15, 0.2) is 35.7 Å². The summed E-state index contributed by atoms with van der Waals surface area (Å²) in [6.07, 6.45) is 1.22. The smallest absolute Gasteiger partial charge is 0.287 e. The third kappa shape index (κ3) is 4.05. The third-order valence-electron chi connectivity index (χ3n) is 2.58. The molecule has 0 aliphatic rings. The molecule has 0 aliphatic carbocycles. The fraction of sp³-hybridized carbons (Fsp3) is 0. The van der Waals surface area contributed by atoms with E-state index in [1.54, 1.807) is 30.3 Å². The van der Waals surface area contributed by atoms with Gasteiger partial charge in [0.15, 0.2) is 5.82 Å². The molecular weight excluding hydrogens is 322 g/mol. The average Bonchev–Trinajstić information content (AvgIpc) is 2.99. The molecule has 0 unspecified atom stereocenters. The maximum atomic E-state index is 11.9. The minimum Gasteiger partial charge on any atom is -0.364 e. The number of imidazole rings is 1. The molecule has 0 saturated carbocycles. The topological polar surface area (TPSA) is 149 Å². The minimum absolute atomic E-state index is 0.00421. The van der Waals surface area contributed by atoms with Crippen LogP contribution in [0.2, 0.25) is 5.02 Å². The van der Waals surface area contributed by atoms with Crippen LogP contribution in [0, 0.1) is 11.3 Å². The number of benzene rings is 1. The predicted molar refractivity (Wildman–Crippen MR) is 83.9 cm³/mol. The van der Waals surface area contributed by atoms with Crippen LogP contribution in [0.3, 0.4) is 0 Å². The van der Waals surface area contributed by atoms with Crippen molar-refractivity contribution in [2.45, 2.75) is 0 Å². The molecule has 1 aromatic heterocycles. The van der Waals surface area contributed by atoms with Crippen LogP contribution in [0.5, 0.6) is 0 Å². The summed E-state index contributed by atoms with van der Waals surface area (Å²) in [4.78, 5) is 29.3. The van der Waals surface area contributed by atoms with Crippen LogP contribution in [0.1, 0.15) is 10.5 Å². The number of nitrogens with two attached hydrogens (primary N) is 1. The quantitative estimate of drug-likeness (QED) is 0.478. The number of anilines is 2. The van der Waals surface area contributed by atoms with Crippen molar-refractivity contribution in [3.63, 3.8) is 0 Å². The van der Waals surface area contributed by atoms with Gasteiger partial charge < -0.3 is 16.0 Å². The number of hydrogen-bond donors (Lipinski definition) is 4. The Labute approximate surface area is 135 Å². The molecule has 2 aromatic rings. The standard InChI is InChI=1S/C13H10ClN7O2/c14-7-1-3-8(4-2-7)19-13(23)9(5-15)20-21-12-10(11(16)22)17-6-18-12/h1-4,6,21H,(H2,16,22)(H,17,18)(H,19,23)/b20-9+. The van der Waals surface area contributed by atoms with E-state index in [9.17, 15) is 9.59 Å². The first-order valence-electron chi connectivity index (χ1n) is 6.15. The van der Waals surface area contributed by atoms with E-state index in [0.29, 0.717) is 10.7 Å². The summed E-state index contributed by atoms with van der Waals surface area (Å²) in [6.45, 7) is 0. The first-order valence-corrected chi connectivity index (χ1v) is 6.53. The lowest BCUT2D eigenvalue weighted by atomic mass is 10.3. The molecule has 2 rings (SSSR count). The molecule has 116 valence electrons. The zero-order valence-electron chi connectivity index (χ0n) is 11.5. The Balaban J connectivity index is 2.10. The van der Waals surface area contributed by atoms with Crippen molar-refractivity contribution in [1.29, 1.82) is 5.26 Å². The lowest BCUT2D eigenvalue weighted by Gasteiger charge is -2.04. The Morgan fingerprint density at radius 1 is 1.35 bits per heavy atom. The molecule has 10 heteroatoms. The normalized spacial score (nSPS) is 10.7. The number of rotatable bonds is 5. The molecule has 1 heterocycles. The van der Waals surface area contributed by atoms with Crippen LogP contribution < -0.4 is 16.5 Å². The lowest BCUT2D eigenvalue weighted by molar-refractivity contribution is -0.110. The van der Waals surface area contributed by atoms with Gasteiger partial charge in [-0.15, -0.1) is 0 Å². The van der Waals surface area contributed by atoms with Crippen molar-refractivity contribution in [1.82, 2.24) is 9.97 Å². The summed E-state index contributed by atoms with van der Waals surface area (Å²) in [7, 11) is 0. The maximum Gasteiger partial charge on any atom is 0.287 e. The van der Waals surface area contributed by atoms with E-state index in [1.807, 2.05) is 0 Å². The number of nitrogens with zero attached hydrogens (tertiary/aromatic N) is 3. The van der Waals surface area contributed by atoms with Crippen LogP contribution in [0.25, 0.3) is 0 Å². The van der Waals surface area contributed by atoms with E-state index in [4.69, 9.17) is 22.6 Å². The largest absolute Gasteiger partial charge is 0.364 e. The number of carbonyl (C=O) groups excluding carboxylic acids is 2. The van der Waals surface area contributed by atoms with Gasteiger partial charge in [-0.2, -0.15) is 10.4 Å². The van der Waals surface area contributed by atoms with Crippen LogP contribution in [-0.2, 0) is 4.79 Å². The van der Waals surface area contributed by atoms with Gasteiger partial charge in [0.2, 0.25) is 5.71 Å². The lowest BCUT2D eigenvalue weighted by Crippen LogP contribution is -2.23. The number of nitrogens with one attached hydrogen (secondary N) is 3. The first-order chi connectivity index (χ1) is 11.0. The van der Waals surface area contributed by atoms with Gasteiger partial charge >= 0.3 is 0 Å². The molecule has 23 heavy (non-hydrogen) atoms. The second-order valence-corrected chi connectivity index (χ2v) is 4.57. The van der Waals surface area contributed by atoms with Gasteiger partial charge in [0.1, 0.15) is 11.8 Å². The summed E-state index contributed by atoms with van der Waals surface area (Å²) in [6, 6.07) is 7.95. The maximum absolute atomic E-state index is 11.9. The molecule has 0 saturated heterocycles. The summed E-state index contributed by atoms with van der Waals surface area (Å²) >= 11 is 5.74. The van der Waals surface area contributed by atoms with E-state index in [1.165, 1.54) is 6.33 Å². The SMILES string of the molecule is N#C/C(=N\Nc1nc[nH]c1C(N)=O)C(=O)Nc1ccc(Cl)cc1. The summed E-state index contributed by atoms with van der Waals surface area (Å²) in [5.74, 6) is -1.49. The summed E-state index contributed by atoms with van der Waals surface area (Å²) in [5, 5.41) is 15.6. The number of aromatic nitrogens is 2. The van der Waals surface area contributed by atoms with Gasteiger partial charge in [-0.25, -0.2) is 4.98 Å². The zero-order chi connectivity index (χ0) is 16.8. The fourth-order valence-corrected chi connectivity index (χ4v) is 1.65. The number of hydrogen-bond acceptors (Lipinski definition) is 6. The second-order valence-electron chi connectivity index (χ2n) is 4.14. The number of amides is 2. The molecule has 0 aliphatic heterocycles.